The van der Waals surface area contributed by atoms with E-state index in [1.165, 1.54) is 0 Å². The molecule has 2 aromatic carbocycles. The van der Waals surface area contributed by atoms with Crippen molar-refractivity contribution in [3.63, 3.8) is 0 Å². The number of ether oxygens (including phenoxy) is 1. The zero-order valence-corrected chi connectivity index (χ0v) is 13.0. The highest BCUT2D eigenvalue weighted by Gasteiger charge is 2.05. The molecule has 0 aliphatic carbocycles. The second-order valence-electron chi connectivity index (χ2n) is 4.84. The molecular formula is C18H16ClNO2. The van der Waals surface area contributed by atoms with Crippen molar-refractivity contribution in [2.45, 2.75) is 13.5 Å². The van der Waals surface area contributed by atoms with Crippen molar-refractivity contribution >= 4 is 28.3 Å². The lowest BCUT2D eigenvalue weighted by molar-refractivity contribution is 0.131. The van der Waals surface area contributed by atoms with Crippen LogP contribution in [0.5, 0.6) is 0 Å². The Balaban J connectivity index is 2.17. The summed E-state index contributed by atoms with van der Waals surface area (Å²) in [5, 5.41) is 1.62. The predicted molar refractivity (Wildman–Crippen MR) is 88.2 cm³/mol. The lowest BCUT2D eigenvalue weighted by Crippen LogP contribution is -2.10. The van der Waals surface area contributed by atoms with Gasteiger partial charge in [0.2, 0.25) is 5.55 Å². The van der Waals surface area contributed by atoms with E-state index in [-0.39, 0.29) is 0 Å². The van der Waals surface area contributed by atoms with Gasteiger partial charge in [0.1, 0.15) is 5.58 Å². The molecule has 3 aromatic rings. The highest BCUT2D eigenvalue weighted by atomic mass is 35.5. The van der Waals surface area contributed by atoms with Crippen LogP contribution in [0.2, 0.25) is 5.02 Å². The highest BCUT2D eigenvalue weighted by Crippen LogP contribution is 2.20. The molecule has 0 fully saturated rings. The van der Waals surface area contributed by atoms with Gasteiger partial charge in [0, 0.05) is 22.6 Å². The van der Waals surface area contributed by atoms with Crippen molar-refractivity contribution in [1.29, 1.82) is 0 Å². The molecule has 3 nitrogen and oxygen atoms in total. The van der Waals surface area contributed by atoms with E-state index in [2.05, 4.69) is 4.99 Å². The van der Waals surface area contributed by atoms with Crippen LogP contribution in [-0.2, 0) is 11.3 Å². The van der Waals surface area contributed by atoms with Gasteiger partial charge in [0.05, 0.1) is 12.3 Å². The standard InChI is InChI=1S/C18H16ClNO2/c1-2-21-12-14-10-13-11-15(19)8-9-17(13)22-18(14)20-16-6-4-3-5-7-16/h3-11H,2,12H2,1H3/b20-18-. The predicted octanol–water partition coefficient (Wildman–Crippen LogP) is 4.86. The molecule has 4 heteroatoms. The summed E-state index contributed by atoms with van der Waals surface area (Å²) in [5.41, 5.74) is 3.06. The summed E-state index contributed by atoms with van der Waals surface area (Å²) in [7, 11) is 0. The van der Waals surface area contributed by atoms with Crippen LogP contribution >= 0.6 is 11.6 Å². The first-order valence-electron chi connectivity index (χ1n) is 7.16. The molecule has 0 N–H and O–H groups in total. The van der Waals surface area contributed by atoms with Crippen molar-refractivity contribution in [3.05, 3.63) is 70.7 Å². The number of rotatable bonds is 4. The molecule has 3 rings (SSSR count). The summed E-state index contributed by atoms with van der Waals surface area (Å²) in [4.78, 5) is 4.59. The largest absolute Gasteiger partial charge is 0.438 e. The van der Waals surface area contributed by atoms with Gasteiger partial charge in [-0.1, -0.05) is 29.8 Å². The van der Waals surface area contributed by atoms with Crippen LogP contribution in [0, 0.1) is 0 Å². The first kappa shape index (κ1) is 14.8. The van der Waals surface area contributed by atoms with E-state index in [4.69, 9.17) is 20.8 Å². The molecule has 0 atom stereocenters. The minimum atomic E-state index is 0.453. The maximum atomic E-state index is 6.05. The molecule has 0 unspecified atom stereocenters. The maximum absolute atomic E-state index is 6.05. The average Bonchev–Trinajstić information content (AvgIpc) is 2.54. The van der Waals surface area contributed by atoms with E-state index in [9.17, 15) is 0 Å². The number of fused-ring (bicyclic) bond motifs is 1. The zero-order valence-electron chi connectivity index (χ0n) is 12.3. The molecule has 0 amide bonds. The fraction of sp³-hybridized carbons (Fsp3) is 0.167. The Morgan fingerprint density at radius 1 is 1.09 bits per heavy atom. The SMILES string of the molecule is CCOCc1cc2cc(Cl)ccc2o/c1=N\c1ccccc1. The van der Waals surface area contributed by atoms with E-state index in [0.717, 1.165) is 22.2 Å². The Labute approximate surface area is 133 Å². The third-order valence-electron chi connectivity index (χ3n) is 3.23. The van der Waals surface area contributed by atoms with Gasteiger partial charge in [-0.3, -0.25) is 0 Å². The third-order valence-corrected chi connectivity index (χ3v) is 3.47. The first-order valence-corrected chi connectivity index (χ1v) is 7.54. The number of para-hydroxylation sites is 1. The van der Waals surface area contributed by atoms with Crippen LogP contribution in [-0.4, -0.2) is 6.61 Å². The summed E-state index contributed by atoms with van der Waals surface area (Å²) in [6, 6.07) is 17.3. The zero-order chi connectivity index (χ0) is 15.4. The smallest absolute Gasteiger partial charge is 0.225 e. The van der Waals surface area contributed by atoms with Crippen LogP contribution in [0.3, 0.4) is 0 Å². The van der Waals surface area contributed by atoms with Crippen LogP contribution in [0.15, 0.2) is 64.0 Å². The monoisotopic (exact) mass is 313 g/mol. The van der Waals surface area contributed by atoms with Gasteiger partial charge in [-0.25, -0.2) is 4.99 Å². The number of hydrogen-bond acceptors (Lipinski definition) is 3. The van der Waals surface area contributed by atoms with Crippen LogP contribution < -0.4 is 5.55 Å². The highest BCUT2D eigenvalue weighted by molar-refractivity contribution is 6.31. The van der Waals surface area contributed by atoms with Gasteiger partial charge >= 0.3 is 0 Å². The first-order chi connectivity index (χ1) is 10.8. The topological polar surface area (TPSA) is 34.7 Å². The fourth-order valence-corrected chi connectivity index (χ4v) is 2.35. The van der Waals surface area contributed by atoms with Crippen LogP contribution in [0.4, 0.5) is 5.69 Å². The Kier molecular flexibility index (Phi) is 4.56. The Morgan fingerprint density at radius 2 is 1.91 bits per heavy atom. The van der Waals surface area contributed by atoms with Crippen LogP contribution in [0.25, 0.3) is 11.0 Å². The lowest BCUT2D eigenvalue weighted by Gasteiger charge is -2.05. The van der Waals surface area contributed by atoms with Gasteiger partial charge in [-0.15, -0.1) is 0 Å². The number of benzene rings is 2. The van der Waals surface area contributed by atoms with Crippen molar-refractivity contribution in [2.24, 2.45) is 4.99 Å². The summed E-state index contributed by atoms with van der Waals surface area (Å²) in [6.07, 6.45) is 0. The molecule has 0 aliphatic rings. The second-order valence-corrected chi connectivity index (χ2v) is 5.28. The normalized spacial score (nSPS) is 12.0. The Morgan fingerprint density at radius 3 is 2.68 bits per heavy atom. The maximum Gasteiger partial charge on any atom is 0.225 e. The molecule has 0 radical (unpaired) electrons. The number of halogens is 1. The van der Waals surface area contributed by atoms with Gasteiger partial charge in [-0.05, 0) is 43.3 Å². The third kappa shape index (κ3) is 3.38. The minimum absolute atomic E-state index is 0.453. The molecule has 0 saturated carbocycles. The van der Waals surface area contributed by atoms with E-state index in [0.29, 0.717) is 23.8 Å². The van der Waals surface area contributed by atoms with Crippen molar-refractivity contribution in [2.75, 3.05) is 6.61 Å². The van der Waals surface area contributed by atoms with E-state index in [1.54, 1.807) is 0 Å². The summed E-state index contributed by atoms with van der Waals surface area (Å²) < 4.78 is 11.5. The van der Waals surface area contributed by atoms with Crippen molar-refractivity contribution < 1.29 is 9.15 Å². The molecule has 0 bridgehead atoms. The van der Waals surface area contributed by atoms with Crippen molar-refractivity contribution in [3.8, 4) is 0 Å². The summed E-state index contributed by atoms with van der Waals surface area (Å²) >= 11 is 6.05. The summed E-state index contributed by atoms with van der Waals surface area (Å²) in [5.74, 6) is 0. The van der Waals surface area contributed by atoms with Crippen molar-refractivity contribution in [1.82, 2.24) is 0 Å². The average molecular weight is 314 g/mol. The Bertz CT molecular complexity index is 841. The van der Waals surface area contributed by atoms with E-state index in [1.807, 2.05) is 61.5 Å². The second kappa shape index (κ2) is 6.77. The van der Waals surface area contributed by atoms with Crippen LogP contribution in [0.1, 0.15) is 12.5 Å². The van der Waals surface area contributed by atoms with Gasteiger partial charge in [0.25, 0.3) is 0 Å². The minimum Gasteiger partial charge on any atom is -0.438 e. The molecule has 0 aliphatic heterocycles. The van der Waals surface area contributed by atoms with E-state index < -0.39 is 0 Å². The molecule has 1 aromatic heterocycles. The number of nitrogens with zero attached hydrogens (tertiary/aromatic N) is 1. The van der Waals surface area contributed by atoms with Gasteiger partial charge in [-0.2, -0.15) is 0 Å². The van der Waals surface area contributed by atoms with Gasteiger partial charge < -0.3 is 9.15 Å². The fourth-order valence-electron chi connectivity index (χ4n) is 2.17. The Hall–Kier alpha value is -2.10. The lowest BCUT2D eigenvalue weighted by atomic mass is 10.2. The molecule has 112 valence electrons. The molecule has 22 heavy (non-hydrogen) atoms. The molecule has 0 saturated heterocycles. The van der Waals surface area contributed by atoms with Gasteiger partial charge in [0.15, 0.2) is 0 Å². The molecule has 1 heterocycles. The van der Waals surface area contributed by atoms with E-state index >= 15 is 0 Å². The number of hydrogen-bond donors (Lipinski definition) is 0. The molecule has 0 spiro atoms. The summed E-state index contributed by atoms with van der Waals surface area (Å²) in [6.45, 7) is 3.05. The molecular weight excluding hydrogens is 298 g/mol. The quantitative estimate of drug-likeness (QED) is 0.689.